The lowest BCUT2D eigenvalue weighted by Gasteiger charge is -2.10. The van der Waals surface area contributed by atoms with Crippen molar-refractivity contribution in [2.24, 2.45) is 0 Å². The van der Waals surface area contributed by atoms with Crippen LogP contribution < -0.4 is 5.32 Å². The molecule has 7 heteroatoms. The average Bonchev–Trinajstić information content (AvgIpc) is 2.60. The number of aryl methyl sites for hydroxylation is 3. The Bertz CT molecular complexity index is 865. The number of aromatic nitrogens is 1. The molecule has 0 fully saturated rings. The van der Waals surface area contributed by atoms with Gasteiger partial charge in [-0.15, -0.1) is 0 Å². The number of hydrogen-bond acceptors (Lipinski definition) is 5. The molecule has 26 heavy (non-hydrogen) atoms. The van der Waals surface area contributed by atoms with E-state index in [1.807, 2.05) is 26.8 Å². The quantitative estimate of drug-likeness (QED) is 0.620. The standard InChI is InChI=1S/C19H19ClN2O4/c1-11-6-13(3)15(7-12(11)2)17(23)10-26-18(24)9-22-19(25)16-8-14(20)4-5-21-16/h4-8H,9-10H2,1-3H3,(H,22,25). The van der Waals surface area contributed by atoms with Crippen LogP contribution in [0.25, 0.3) is 0 Å². The molecule has 136 valence electrons. The molecule has 0 radical (unpaired) electrons. The smallest absolute Gasteiger partial charge is 0.325 e. The van der Waals surface area contributed by atoms with Gasteiger partial charge < -0.3 is 10.1 Å². The van der Waals surface area contributed by atoms with Crippen molar-refractivity contribution in [1.29, 1.82) is 0 Å². The van der Waals surface area contributed by atoms with Gasteiger partial charge in [0.15, 0.2) is 6.61 Å². The number of halogens is 1. The fraction of sp³-hybridized carbons (Fsp3) is 0.263. The van der Waals surface area contributed by atoms with Crippen LogP contribution in [0.5, 0.6) is 0 Å². The molecule has 0 aliphatic heterocycles. The summed E-state index contributed by atoms with van der Waals surface area (Å²) in [6.07, 6.45) is 1.39. The van der Waals surface area contributed by atoms with Crippen molar-refractivity contribution in [2.45, 2.75) is 20.8 Å². The lowest BCUT2D eigenvalue weighted by molar-refractivity contribution is -0.141. The predicted octanol–water partition coefficient (Wildman–Crippen LogP) is 2.82. The number of hydrogen-bond donors (Lipinski definition) is 1. The first-order valence-electron chi connectivity index (χ1n) is 7.94. The Hall–Kier alpha value is -2.73. The van der Waals surface area contributed by atoms with E-state index in [4.69, 9.17) is 16.3 Å². The van der Waals surface area contributed by atoms with Gasteiger partial charge in [0.2, 0.25) is 5.78 Å². The molecule has 0 atom stereocenters. The number of rotatable bonds is 6. The second-order valence-corrected chi connectivity index (χ2v) is 6.31. The highest BCUT2D eigenvalue weighted by Crippen LogP contribution is 2.16. The molecule has 0 aliphatic carbocycles. The molecule has 0 aliphatic rings. The molecule has 1 heterocycles. The maximum absolute atomic E-state index is 12.2. The van der Waals surface area contributed by atoms with Gasteiger partial charge in [-0.1, -0.05) is 17.7 Å². The molecule has 0 saturated carbocycles. The number of carbonyl (C=O) groups is 3. The molecular formula is C19H19ClN2O4. The molecule has 2 rings (SSSR count). The van der Waals surface area contributed by atoms with Gasteiger partial charge in [-0.3, -0.25) is 19.4 Å². The lowest BCUT2D eigenvalue weighted by Crippen LogP contribution is -2.32. The van der Waals surface area contributed by atoms with Gasteiger partial charge in [-0.25, -0.2) is 0 Å². The van der Waals surface area contributed by atoms with Crippen LogP contribution in [-0.2, 0) is 9.53 Å². The van der Waals surface area contributed by atoms with Crippen LogP contribution in [0.1, 0.15) is 37.5 Å². The van der Waals surface area contributed by atoms with Crippen molar-refractivity contribution in [3.8, 4) is 0 Å². The van der Waals surface area contributed by atoms with E-state index in [1.54, 1.807) is 6.07 Å². The van der Waals surface area contributed by atoms with Crippen LogP contribution in [0.4, 0.5) is 0 Å². The number of carbonyl (C=O) groups excluding carboxylic acids is 3. The van der Waals surface area contributed by atoms with Crippen LogP contribution in [0.2, 0.25) is 5.02 Å². The summed E-state index contributed by atoms with van der Waals surface area (Å²) in [7, 11) is 0. The third-order valence-electron chi connectivity index (χ3n) is 3.85. The maximum Gasteiger partial charge on any atom is 0.325 e. The average molecular weight is 375 g/mol. The number of pyridine rings is 1. The van der Waals surface area contributed by atoms with Crippen molar-refractivity contribution in [3.63, 3.8) is 0 Å². The van der Waals surface area contributed by atoms with E-state index in [1.165, 1.54) is 18.3 Å². The maximum atomic E-state index is 12.2. The number of esters is 1. The minimum Gasteiger partial charge on any atom is -0.456 e. The minimum absolute atomic E-state index is 0.0899. The Morgan fingerprint density at radius 2 is 1.77 bits per heavy atom. The Kier molecular flexibility index (Phi) is 6.46. The molecule has 2 aromatic rings. The Labute approximate surface area is 156 Å². The highest BCUT2D eigenvalue weighted by atomic mass is 35.5. The monoisotopic (exact) mass is 374 g/mol. The SMILES string of the molecule is Cc1cc(C)c(C(=O)COC(=O)CNC(=O)c2cc(Cl)ccn2)cc1C. The Morgan fingerprint density at radius 1 is 1.08 bits per heavy atom. The summed E-state index contributed by atoms with van der Waals surface area (Å²) in [4.78, 5) is 39.7. The van der Waals surface area contributed by atoms with E-state index in [0.717, 1.165) is 16.7 Å². The molecule has 0 bridgehead atoms. The summed E-state index contributed by atoms with van der Waals surface area (Å²) in [6, 6.07) is 6.62. The van der Waals surface area contributed by atoms with Gasteiger partial charge in [0, 0.05) is 16.8 Å². The number of Topliss-reactive ketones (excluding diaryl/α,β-unsaturated/α-hetero) is 1. The number of nitrogens with zero attached hydrogens (tertiary/aromatic N) is 1. The number of nitrogens with one attached hydrogen (secondary N) is 1. The summed E-state index contributed by atoms with van der Waals surface area (Å²) in [5.41, 5.74) is 3.52. The topological polar surface area (TPSA) is 85.4 Å². The van der Waals surface area contributed by atoms with Gasteiger partial charge in [0.25, 0.3) is 5.91 Å². The third-order valence-corrected chi connectivity index (χ3v) is 4.09. The molecule has 0 saturated heterocycles. The van der Waals surface area contributed by atoms with Crippen molar-refractivity contribution in [1.82, 2.24) is 10.3 Å². The molecule has 1 amide bonds. The third kappa shape index (κ3) is 5.13. The van der Waals surface area contributed by atoms with E-state index in [-0.39, 0.29) is 24.6 Å². The highest BCUT2D eigenvalue weighted by molar-refractivity contribution is 6.30. The van der Waals surface area contributed by atoms with Crippen LogP contribution >= 0.6 is 11.6 Å². The van der Waals surface area contributed by atoms with Gasteiger partial charge in [0.1, 0.15) is 12.2 Å². The fourth-order valence-corrected chi connectivity index (χ4v) is 2.47. The van der Waals surface area contributed by atoms with Crippen LogP contribution in [0.15, 0.2) is 30.5 Å². The van der Waals surface area contributed by atoms with E-state index in [9.17, 15) is 14.4 Å². The van der Waals surface area contributed by atoms with Gasteiger partial charge >= 0.3 is 5.97 Å². The molecule has 1 aromatic heterocycles. The zero-order valence-electron chi connectivity index (χ0n) is 14.8. The molecule has 0 spiro atoms. The first-order chi connectivity index (χ1) is 12.3. The molecule has 6 nitrogen and oxygen atoms in total. The summed E-state index contributed by atoms with van der Waals surface area (Å²) in [5.74, 6) is -1.56. The van der Waals surface area contributed by atoms with E-state index in [2.05, 4.69) is 10.3 Å². The van der Waals surface area contributed by atoms with Crippen molar-refractivity contribution >= 4 is 29.3 Å². The molecule has 1 aromatic carbocycles. The second-order valence-electron chi connectivity index (χ2n) is 5.88. The minimum atomic E-state index is -0.713. The van der Waals surface area contributed by atoms with Crippen molar-refractivity contribution in [2.75, 3.05) is 13.2 Å². The van der Waals surface area contributed by atoms with Crippen LogP contribution in [0, 0.1) is 20.8 Å². The second kappa shape index (κ2) is 8.58. The molecular weight excluding hydrogens is 356 g/mol. The Morgan fingerprint density at radius 3 is 2.46 bits per heavy atom. The Balaban J connectivity index is 1.86. The lowest BCUT2D eigenvalue weighted by atomic mass is 9.98. The first kappa shape index (κ1) is 19.6. The summed E-state index contributed by atoms with van der Waals surface area (Å²) in [6.45, 7) is 4.96. The fourth-order valence-electron chi connectivity index (χ4n) is 2.31. The first-order valence-corrected chi connectivity index (χ1v) is 8.32. The van der Waals surface area contributed by atoms with Crippen molar-refractivity contribution in [3.05, 3.63) is 63.4 Å². The molecule has 0 unspecified atom stereocenters. The van der Waals surface area contributed by atoms with E-state index >= 15 is 0 Å². The number of ether oxygens (including phenoxy) is 1. The number of benzene rings is 1. The van der Waals surface area contributed by atoms with Gasteiger partial charge in [-0.05, 0) is 55.7 Å². The predicted molar refractivity (Wildman–Crippen MR) is 97.5 cm³/mol. The zero-order chi connectivity index (χ0) is 19.3. The van der Waals surface area contributed by atoms with E-state index in [0.29, 0.717) is 10.6 Å². The number of amides is 1. The zero-order valence-corrected chi connectivity index (χ0v) is 15.5. The van der Waals surface area contributed by atoms with Crippen molar-refractivity contribution < 1.29 is 19.1 Å². The normalized spacial score (nSPS) is 10.3. The van der Waals surface area contributed by atoms with E-state index < -0.39 is 11.9 Å². The molecule has 1 N–H and O–H groups in total. The number of ketones is 1. The van der Waals surface area contributed by atoms with Crippen LogP contribution in [0.3, 0.4) is 0 Å². The van der Waals surface area contributed by atoms with Crippen LogP contribution in [-0.4, -0.2) is 35.8 Å². The summed E-state index contributed by atoms with van der Waals surface area (Å²) >= 11 is 5.78. The largest absolute Gasteiger partial charge is 0.456 e. The summed E-state index contributed by atoms with van der Waals surface area (Å²) < 4.78 is 4.94. The highest BCUT2D eigenvalue weighted by Gasteiger charge is 2.15. The summed E-state index contributed by atoms with van der Waals surface area (Å²) in [5, 5.41) is 2.73. The van der Waals surface area contributed by atoms with Gasteiger partial charge in [-0.2, -0.15) is 0 Å². The van der Waals surface area contributed by atoms with Gasteiger partial charge in [0.05, 0.1) is 0 Å².